The molecular formula is H4B2N2O. The molecule has 0 spiro atoms. The van der Waals surface area contributed by atoms with Crippen molar-refractivity contribution in [2.24, 2.45) is 5.64 Å². The molecule has 0 aliphatic heterocycles. The Morgan fingerprint density at radius 1 is 1.80 bits per heavy atom. The predicted molar refractivity (Wildman–Crippen MR) is 21.0 cm³/mol. The van der Waals surface area contributed by atoms with E-state index in [1.165, 1.54) is 0 Å². The lowest BCUT2D eigenvalue weighted by Gasteiger charge is -1.79. The summed E-state index contributed by atoms with van der Waals surface area (Å²) >= 11 is 0. The SMILES string of the molecule is N[B]N[B]O. The van der Waals surface area contributed by atoms with Crippen LogP contribution in [0.1, 0.15) is 0 Å². The molecule has 0 rings (SSSR count). The Bertz CT molecular complexity index is 15.1. The van der Waals surface area contributed by atoms with Crippen molar-refractivity contribution in [3.63, 3.8) is 0 Å². The van der Waals surface area contributed by atoms with Crippen molar-refractivity contribution in [3.8, 4) is 0 Å². The van der Waals surface area contributed by atoms with E-state index in [1.54, 1.807) is 0 Å². The summed E-state index contributed by atoms with van der Waals surface area (Å²) in [7, 11) is 1.88. The number of rotatable bonds is 2. The van der Waals surface area contributed by atoms with E-state index in [1.807, 2.05) is 0 Å². The lowest BCUT2D eigenvalue weighted by atomic mass is 10.1. The molecule has 0 aromatic rings. The molecule has 2 radical (unpaired) electrons. The molecule has 0 aromatic heterocycles. The van der Waals surface area contributed by atoms with E-state index in [-0.39, 0.29) is 0 Å². The van der Waals surface area contributed by atoms with E-state index >= 15 is 0 Å². The van der Waals surface area contributed by atoms with Gasteiger partial charge in [0, 0.05) is 0 Å². The number of hydrogen-bond acceptors (Lipinski definition) is 3. The summed E-state index contributed by atoms with van der Waals surface area (Å²) in [4.78, 5) is 0. The van der Waals surface area contributed by atoms with Crippen molar-refractivity contribution < 1.29 is 5.02 Å². The van der Waals surface area contributed by atoms with Gasteiger partial charge in [-0.25, -0.2) is 0 Å². The summed E-state index contributed by atoms with van der Waals surface area (Å²) in [6.07, 6.45) is 0. The predicted octanol–water partition coefficient (Wildman–Crippen LogP) is -2.40. The zero-order valence-electron chi connectivity index (χ0n) is 2.68. The summed E-state index contributed by atoms with van der Waals surface area (Å²) in [5.41, 5.74) is 4.71. The van der Waals surface area contributed by atoms with Crippen molar-refractivity contribution in [2.45, 2.75) is 0 Å². The van der Waals surface area contributed by atoms with Gasteiger partial charge >= 0.3 is 7.62 Å². The minimum atomic E-state index is 0.750. The van der Waals surface area contributed by atoms with Gasteiger partial charge in [-0.05, 0) is 0 Å². The quantitative estimate of drug-likeness (QED) is 0.317. The Morgan fingerprint density at radius 3 is 2.40 bits per heavy atom. The Morgan fingerprint density at radius 2 is 2.40 bits per heavy atom. The van der Waals surface area contributed by atoms with Crippen molar-refractivity contribution in [1.82, 2.24) is 5.14 Å². The highest BCUT2D eigenvalue weighted by Gasteiger charge is 1.75. The zero-order valence-corrected chi connectivity index (χ0v) is 2.68. The highest BCUT2D eigenvalue weighted by atomic mass is 16.2. The van der Waals surface area contributed by atoms with Gasteiger partial charge < -0.3 is 15.8 Å². The summed E-state index contributed by atoms with van der Waals surface area (Å²) in [6, 6.07) is 0. The van der Waals surface area contributed by atoms with E-state index in [0.717, 1.165) is 15.2 Å². The molecule has 0 heterocycles. The largest absolute Gasteiger partial charge is 0.441 e. The van der Waals surface area contributed by atoms with Crippen LogP contribution in [0.4, 0.5) is 0 Å². The molecule has 0 atom stereocenters. The average Bonchev–Trinajstić information content (AvgIpc) is 1.41. The maximum absolute atomic E-state index is 7.72. The van der Waals surface area contributed by atoms with Crippen molar-refractivity contribution in [2.75, 3.05) is 0 Å². The second kappa shape index (κ2) is 4.01. The Hall–Kier alpha value is 0.00987. The molecule has 0 unspecified atom stereocenters. The standard InChI is InChI=1S/B2H4N2O/c3-1-4-2-5/h4-5H,3H2. The van der Waals surface area contributed by atoms with Crippen molar-refractivity contribution in [3.05, 3.63) is 0 Å². The maximum atomic E-state index is 7.72. The van der Waals surface area contributed by atoms with E-state index < -0.39 is 0 Å². The second-order valence-electron chi connectivity index (χ2n) is 0.462. The normalized spacial score (nSPS) is 6.80. The summed E-state index contributed by atoms with van der Waals surface area (Å²) < 4.78 is 0. The fourth-order valence-electron chi connectivity index (χ4n) is 0.0430. The van der Waals surface area contributed by atoms with E-state index in [2.05, 4.69) is 5.14 Å². The van der Waals surface area contributed by atoms with Gasteiger partial charge in [0.25, 0.3) is 7.55 Å². The van der Waals surface area contributed by atoms with Crippen LogP contribution in [0.3, 0.4) is 0 Å². The van der Waals surface area contributed by atoms with Gasteiger partial charge in [-0.3, -0.25) is 0 Å². The molecule has 5 heteroatoms. The molecule has 0 aromatic carbocycles. The van der Waals surface area contributed by atoms with Gasteiger partial charge in [-0.15, -0.1) is 0 Å². The molecule has 26 valence electrons. The van der Waals surface area contributed by atoms with Gasteiger partial charge in [0.15, 0.2) is 0 Å². The first kappa shape index (κ1) is 5.01. The first-order valence-corrected chi connectivity index (χ1v) is 1.17. The third-order valence-electron chi connectivity index (χ3n) is 0.171. The van der Waals surface area contributed by atoms with Crippen LogP contribution < -0.4 is 10.8 Å². The Kier molecular flexibility index (Phi) is 4.02. The van der Waals surface area contributed by atoms with Crippen LogP contribution >= 0.6 is 0 Å². The third kappa shape index (κ3) is 4.01. The van der Waals surface area contributed by atoms with Crippen LogP contribution in [0, 0.1) is 0 Å². The topological polar surface area (TPSA) is 58.3 Å². The van der Waals surface area contributed by atoms with Gasteiger partial charge in [0.05, 0.1) is 0 Å². The molecule has 0 aliphatic rings. The average molecular weight is 69.7 g/mol. The first-order chi connectivity index (χ1) is 2.41. The lowest BCUT2D eigenvalue weighted by molar-refractivity contribution is 0.598. The molecule has 4 N–H and O–H groups in total. The zero-order chi connectivity index (χ0) is 4.12. The molecule has 0 saturated heterocycles. The van der Waals surface area contributed by atoms with Crippen molar-refractivity contribution >= 4 is 15.2 Å². The van der Waals surface area contributed by atoms with Gasteiger partial charge in [-0.1, -0.05) is 0 Å². The van der Waals surface area contributed by atoms with Crippen LogP contribution in [0.2, 0.25) is 0 Å². The second-order valence-corrected chi connectivity index (χ2v) is 0.462. The summed E-state index contributed by atoms with van der Waals surface area (Å²) in [5.74, 6) is 0. The molecular weight excluding hydrogens is 65.6 g/mol. The van der Waals surface area contributed by atoms with Crippen LogP contribution in [-0.4, -0.2) is 20.2 Å². The molecule has 5 heavy (non-hydrogen) atoms. The number of hydrogen-bond donors (Lipinski definition) is 3. The van der Waals surface area contributed by atoms with Crippen LogP contribution in [0.15, 0.2) is 0 Å². The Balaban J connectivity index is 2.19. The molecule has 0 bridgehead atoms. The van der Waals surface area contributed by atoms with Crippen molar-refractivity contribution in [1.29, 1.82) is 0 Å². The highest BCUT2D eigenvalue weighted by molar-refractivity contribution is 6.44. The minimum Gasteiger partial charge on any atom is -0.441 e. The molecule has 0 amide bonds. The highest BCUT2D eigenvalue weighted by Crippen LogP contribution is 1.22. The van der Waals surface area contributed by atoms with Crippen LogP contribution in [0.5, 0.6) is 0 Å². The van der Waals surface area contributed by atoms with Crippen LogP contribution in [-0.2, 0) is 0 Å². The lowest BCUT2D eigenvalue weighted by Crippen LogP contribution is -2.30. The van der Waals surface area contributed by atoms with E-state index in [0.29, 0.717) is 0 Å². The number of nitrogens with two attached hydrogens (primary N) is 1. The van der Waals surface area contributed by atoms with E-state index in [9.17, 15) is 0 Å². The first-order valence-electron chi connectivity index (χ1n) is 1.17. The van der Waals surface area contributed by atoms with Gasteiger partial charge in [0.2, 0.25) is 0 Å². The van der Waals surface area contributed by atoms with E-state index in [4.69, 9.17) is 10.7 Å². The summed E-state index contributed by atoms with van der Waals surface area (Å²) in [5, 5.41) is 9.91. The third-order valence-corrected chi connectivity index (χ3v) is 0.171. The maximum Gasteiger partial charge on any atom is 0.381 e. The fraction of sp³-hybridized carbons (Fsp3) is 0. The van der Waals surface area contributed by atoms with Crippen LogP contribution in [0.25, 0.3) is 0 Å². The van der Waals surface area contributed by atoms with Gasteiger partial charge in [-0.2, -0.15) is 0 Å². The fourth-order valence-corrected chi connectivity index (χ4v) is 0.0430. The Labute approximate surface area is 32.1 Å². The molecule has 0 aliphatic carbocycles. The summed E-state index contributed by atoms with van der Waals surface area (Å²) in [6.45, 7) is 0. The molecule has 3 nitrogen and oxygen atoms in total. The monoisotopic (exact) mass is 70.1 g/mol. The minimum absolute atomic E-state index is 0.750. The molecule has 0 fully saturated rings. The number of nitrogens with one attached hydrogen (secondary N) is 1. The molecule has 0 saturated carbocycles. The smallest absolute Gasteiger partial charge is 0.381 e. The van der Waals surface area contributed by atoms with Gasteiger partial charge in [0.1, 0.15) is 0 Å².